The van der Waals surface area contributed by atoms with E-state index in [4.69, 9.17) is 14.2 Å². The standard InChI is InChI=1S/C22H46O5Si/c1-8-10-12-14-25-17-18-20(26-15-13-11-9-2)22(24,16-19(23)27-18)28(6,7)21(3,4)5/h18-20,23-24H,8-17H2,1-7H3/t18-,19?,20-,22+/m1/s1. The lowest BCUT2D eigenvalue weighted by molar-refractivity contribution is -0.267. The van der Waals surface area contributed by atoms with Gasteiger partial charge in [0.2, 0.25) is 0 Å². The first kappa shape index (κ1) is 26.1. The van der Waals surface area contributed by atoms with Crippen molar-refractivity contribution in [2.24, 2.45) is 0 Å². The lowest BCUT2D eigenvalue weighted by Gasteiger charge is -2.56. The quantitative estimate of drug-likeness (QED) is 0.356. The molecule has 1 unspecified atom stereocenters. The van der Waals surface area contributed by atoms with Gasteiger partial charge in [-0.3, -0.25) is 0 Å². The third kappa shape index (κ3) is 6.51. The highest BCUT2D eigenvalue weighted by atomic mass is 28.3. The van der Waals surface area contributed by atoms with Gasteiger partial charge in [0.15, 0.2) is 6.29 Å². The van der Waals surface area contributed by atoms with E-state index in [-0.39, 0.29) is 11.5 Å². The van der Waals surface area contributed by atoms with E-state index in [1.165, 1.54) is 0 Å². The van der Waals surface area contributed by atoms with Crippen molar-refractivity contribution in [3.8, 4) is 0 Å². The first-order chi connectivity index (χ1) is 13.0. The first-order valence-corrected chi connectivity index (χ1v) is 14.3. The minimum Gasteiger partial charge on any atom is -0.390 e. The molecule has 168 valence electrons. The summed E-state index contributed by atoms with van der Waals surface area (Å²) in [6, 6.07) is 0. The average Bonchev–Trinajstić information content (AvgIpc) is 2.59. The third-order valence-electron chi connectivity index (χ3n) is 6.80. The van der Waals surface area contributed by atoms with Gasteiger partial charge in [-0.05, 0) is 17.9 Å². The van der Waals surface area contributed by atoms with Crippen LogP contribution in [0.5, 0.6) is 0 Å². The Labute approximate surface area is 174 Å². The fourth-order valence-corrected chi connectivity index (χ4v) is 6.82. The second kappa shape index (κ2) is 11.4. The topological polar surface area (TPSA) is 68.2 Å². The number of ether oxygens (including phenoxy) is 3. The second-order valence-electron chi connectivity index (χ2n) is 9.91. The van der Waals surface area contributed by atoms with E-state index in [9.17, 15) is 10.2 Å². The highest BCUT2D eigenvalue weighted by Gasteiger charge is 2.61. The maximum absolute atomic E-state index is 12.0. The van der Waals surface area contributed by atoms with Crippen molar-refractivity contribution in [1.29, 1.82) is 0 Å². The molecule has 0 bridgehead atoms. The minimum atomic E-state index is -2.27. The van der Waals surface area contributed by atoms with Crippen molar-refractivity contribution in [3.63, 3.8) is 0 Å². The summed E-state index contributed by atoms with van der Waals surface area (Å²) < 4.78 is 18.0. The molecule has 5 nitrogen and oxygen atoms in total. The highest BCUT2D eigenvalue weighted by Crippen LogP contribution is 2.49. The Morgan fingerprint density at radius 3 is 2.14 bits per heavy atom. The van der Waals surface area contributed by atoms with Crippen LogP contribution in [0.15, 0.2) is 0 Å². The molecule has 1 rings (SSSR count). The summed E-state index contributed by atoms with van der Waals surface area (Å²) in [4.78, 5) is 0. The molecular weight excluding hydrogens is 372 g/mol. The van der Waals surface area contributed by atoms with Crippen LogP contribution >= 0.6 is 0 Å². The number of aliphatic hydroxyl groups excluding tert-OH is 1. The molecule has 0 amide bonds. The van der Waals surface area contributed by atoms with E-state index >= 15 is 0 Å². The molecule has 2 N–H and O–H groups in total. The van der Waals surface area contributed by atoms with Crippen molar-refractivity contribution in [2.45, 2.75) is 121 Å². The Hall–Kier alpha value is 0.0169. The van der Waals surface area contributed by atoms with Gasteiger partial charge >= 0.3 is 0 Å². The van der Waals surface area contributed by atoms with Crippen molar-refractivity contribution < 1.29 is 24.4 Å². The summed E-state index contributed by atoms with van der Waals surface area (Å²) >= 11 is 0. The van der Waals surface area contributed by atoms with Gasteiger partial charge in [-0.25, -0.2) is 0 Å². The van der Waals surface area contributed by atoms with Crippen LogP contribution in [-0.4, -0.2) is 61.8 Å². The van der Waals surface area contributed by atoms with Crippen LogP contribution in [0.3, 0.4) is 0 Å². The number of rotatable bonds is 12. The highest BCUT2D eigenvalue weighted by molar-refractivity contribution is 6.83. The molecule has 0 radical (unpaired) electrons. The molecule has 28 heavy (non-hydrogen) atoms. The first-order valence-electron chi connectivity index (χ1n) is 11.3. The van der Waals surface area contributed by atoms with E-state index in [1.807, 2.05) is 0 Å². The minimum absolute atomic E-state index is 0.0453. The van der Waals surface area contributed by atoms with Crippen molar-refractivity contribution in [2.75, 3.05) is 19.8 Å². The smallest absolute Gasteiger partial charge is 0.157 e. The summed E-state index contributed by atoms with van der Waals surface area (Å²) in [6.45, 7) is 16.9. The fourth-order valence-electron chi connectivity index (χ4n) is 3.86. The Morgan fingerprint density at radius 1 is 1.04 bits per heavy atom. The zero-order valence-electron chi connectivity index (χ0n) is 19.4. The maximum atomic E-state index is 12.0. The molecule has 1 fully saturated rings. The largest absolute Gasteiger partial charge is 0.390 e. The summed E-state index contributed by atoms with van der Waals surface area (Å²) in [5.41, 5.74) is 0. The van der Waals surface area contributed by atoms with Crippen LogP contribution in [0.1, 0.15) is 79.6 Å². The van der Waals surface area contributed by atoms with Crippen LogP contribution in [0, 0.1) is 0 Å². The van der Waals surface area contributed by atoms with Gasteiger partial charge in [-0.1, -0.05) is 73.4 Å². The molecule has 0 aromatic rings. The van der Waals surface area contributed by atoms with Crippen molar-refractivity contribution >= 4 is 8.07 Å². The lowest BCUT2D eigenvalue weighted by Crippen LogP contribution is -2.72. The van der Waals surface area contributed by atoms with Crippen LogP contribution in [0.2, 0.25) is 18.1 Å². The molecule has 4 atom stereocenters. The summed E-state index contributed by atoms with van der Waals surface area (Å²) in [5.74, 6) is 0. The van der Waals surface area contributed by atoms with Gasteiger partial charge in [0, 0.05) is 19.6 Å². The zero-order chi connectivity index (χ0) is 21.4. The maximum Gasteiger partial charge on any atom is 0.157 e. The average molecular weight is 419 g/mol. The Balaban J connectivity index is 3.01. The molecule has 1 aliphatic rings. The summed E-state index contributed by atoms with van der Waals surface area (Å²) in [6.07, 6.45) is 4.79. The van der Waals surface area contributed by atoms with Crippen LogP contribution in [0.25, 0.3) is 0 Å². The molecule has 6 heteroatoms. The van der Waals surface area contributed by atoms with E-state index < -0.39 is 31.8 Å². The third-order valence-corrected chi connectivity index (χ3v) is 13.2. The summed E-state index contributed by atoms with van der Waals surface area (Å²) in [5, 5.41) is 21.3. The predicted octanol–water partition coefficient (Wildman–Crippen LogP) is 4.65. The fraction of sp³-hybridized carbons (Fsp3) is 1.00. The number of unbranched alkanes of at least 4 members (excludes halogenated alkanes) is 4. The zero-order valence-corrected chi connectivity index (χ0v) is 20.4. The lowest BCUT2D eigenvalue weighted by atomic mass is 10.00. The monoisotopic (exact) mass is 418 g/mol. The Bertz CT molecular complexity index is 437. The van der Waals surface area contributed by atoms with E-state index in [1.54, 1.807) is 0 Å². The summed E-state index contributed by atoms with van der Waals surface area (Å²) in [7, 11) is -2.27. The van der Waals surface area contributed by atoms with E-state index in [0.717, 1.165) is 38.5 Å². The van der Waals surface area contributed by atoms with Gasteiger partial charge < -0.3 is 24.4 Å². The van der Waals surface area contributed by atoms with Gasteiger partial charge in [0.25, 0.3) is 0 Å². The molecule has 0 aromatic carbocycles. The number of aliphatic hydroxyl groups is 2. The van der Waals surface area contributed by atoms with E-state index in [2.05, 4.69) is 47.7 Å². The van der Waals surface area contributed by atoms with E-state index in [0.29, 0.717) is 19.8 Å². The van der Waals surface area contributed by atoms with Gasteiger partial charge in [0.05, 0.1) is 19.9 Å². The molecule has 0 aliphatic carbocycles. The molecule has 0 spiro atoms. The SMILES string of the molecule is CCCCCOC[C@H]1OC(O)C[C@](O)([Si](C)(C)C(C)(C)C)[C@@H]1OCCCCC. The molecule has 0 aromatic heterocycles. The molecule has 1 heterocycles. The predicted molar refractivity (Wildman–Crippen MR) is 117 cm³/mol. The Kier molecular flexibility index (Phi) is 10.6. The van der Waals surface area contributed by atoms with Crippen LogP contribution < -0.4 is 0 Å². The molecule has 1 saturated heterocycles. The van der Waals surface area contributed by atoms with Crippen LogP contribution in [-0.2, 0) is 14.2 Å². The normalized spacial score (nSPS) is 29.2. The van der Waals surface area contributed by atoms with Crippen molar-refractivity contribution in [3.05, 3.63) is 0 Å². The molecule has 0 saturated carbocycles. The molecule has 1 aliphatic heterocycles. The van der Waals surface area contributed by atoms with Gasteiger partial charge in [0.1, 0.15) is 12.2 Å². The van der Waals surface area contributed by atoms with Crippen LogP contribution in [0.4, 0.5) is 0 Å². The molecular formula is C22H46O5Si. The Morgan fingerprint density at radius 2 is 1.61 bits per heavy atom. The second-order valence-corrected chi connectivity index (χ2v) is 15.5. The van der Waals surface area contributed by atoms with Gasteiger partial charge in [-0.2, -0.15) is 0 Å². The number of hydrogen-bond donors (Lipinski definition) is 2. The van der Waals surface area contributed by atoms with Crippen molar-refractivity contribution in [1.82, 2.24) is 0 Å². The number of hydrogen-bond acceptors (Lipinski definition) is 5. The van der Waals surface area contributed by atoms with Gasteiger partial charge in [-0.15, -0.1) is 0 Å².